The van der Waals surface area contributed by atoms with Crippen LogP contribution in [-0.4, -0.2) is 8.80 Å². The Hall–Kier alpha value is -1.39. The third-order valence-corrected chi connectivity index (χ3v) is 3.16. The van der Waals surface area contributed by atoms with Gasteiger partial charge in [-0.1, -0.05) is 25.2 Å². The lowest BCUT2D eigenvalue weighted by atomic mass is 10.1. The summed E-state index contributed by atoms with van der Waals surface area (Å²) in [6, 6.07) is 4.84. The Morgan fingerprint density at radius 1 is 1.38 bits per heavy atom. The van der Waals surface area contributed by atoms with E-state index >= 15 is 0 Å². The molecule has 0 saturated carbocycles. The van der Waals surface area contributed by atoms with Crippen molar-refractivity contribution in [3.63, 3.8) is 0 Å². The molecule has 0 atom stereocenters. The molecule has 0 fully saturated rings. The summed E-state index contributed by atoms with van der Waals surface area (Å²) in [6.07, 6.45) is 0.730. The van der Waals surface area contributed by atoms with Crippen LogP contribution in [0.25, 0.3) is 10.4 Å². The highest BCUT2D eigenvalue weighted by molar-refractivity contribution is 6.55. The van der Waals surface area contributed by atoms with E-state index in [1.807, 2.05) is 0 Å². The van der Waals surface area contributed by atoms with E-state index in [0.717, 1.165) is 18.5 Å². The van der Waals surface area contributed by atoms with Gasteiger partial charge in [0, 0.05) is 14.9 Å². The lowest BCUT2D eigenvalue weighted by Gasteiger charge is -2.04. The first-order valence-electron chi connectivity index (χ1n) is 4.75. The van der Waals surface area contributed by atoms with E-state index in [1.54, 1.807) is 4.91 Å². The van der Waals surface area contributed by atoms with Gasteiger partial charge in [-0.2, -0.15) is 0 Å². The van der Waals surface area contributed by atoms with Gasteiger partial charge in [-0.25, -0.2) is 8.78 Å². The van der Waals surface area contributed by atoms with Gasteiger partial charge >= 0.3 is 0 Å². The number of nitrogens with one attached hydrogen (secondary N) is 1. The molecule has 0 aliphatic rings. The van der Waals surface area contributed by atoms with Gasteiger partial charge in [0.2, 0.25) is 0 Å². The molecule has 0 saturated heterocycles. The standard InChI is InChI=1S/C10H13F2Si.HN3/c1-13(2)6-5-8-3-4-9(11)7-10(8)12;1-3-2/h3-4,7H,5-6H2,1-2H3;1H. The van der Waals surface area contributed by atoms with Crippen LogP contribution >= 0.6 is 0 Å². The molecule has 0 aliphatic carbocycles. The fourth-order valence-electron chi connectivity index (χ4n) is 1.11. The van der Waals surface area contributed by atoms with Crippen molar-refractivity contribution in [2.24, 2.45) is 0 Å². The predicted molar refractivity (Wildman–Crippen MR) is 61.8 cm³/mol. The second-order valence-electron chi connectivity index (χ2n) is 3.54. The molecular formula is C10H14F2N3Si. The Labute approximate surface area is 95.1 Å². The molecule has 16 heavy (non-hydrogen) atoms. The summed E-state index contributed by atoms with van der Waals surface area (Å²) in [4.78, 5) is 1.75. The fourth-order valence-corrected chi connectivity index (χ4v) is 1.88. The van der Waals surface area contributed by atoms with Gasteiger partial charge in [-0.05, 0) is 28.5 Å². The maximum absolute atomic E-state index is 13.1. The minimum absolute atomic E-state index is 0.319. The van der Waals surface area contributed by atoms with Crippen molar-refractivity contribution in [2.45, 2.75) is 25.6 Å². The minimum Gasteiger partial charge on any atom is -0.207 e. The maximum atomic E-state index is 13.1. The summed E-state index contributed by atoms with van der Waals surface area (Å²) in [7, 11) is -0.319. The Bertz CT molecular complexity index is 363. The highest BCUT2D eigenvalue weighted by Crippen LogP contribution is 2.12. The third kappa shape index (κ3) is 6.16. The predicted octanol–water partition coefficient (Wildman–Crippen LogP) is 4.14. The van der Waals surface area contributed by atoms with E-state index in [9.17, 15) is 8.78 Å². The quantitative estimate of drug-likeness (QED) is 0.358. The van der Waals surface area contributed by atoms with Crippen molar-refractivity contribution in [1.29, 1.82) is 5.53 Å². The maximum Gasteiger partial charge on any atom is 0.129 e. The fraction of sp³-hybridized carbons (Fsp3) is 0.400. The zero-order valence-corrected chi connectivity index (χ0v) is 10.3. The van der Waals surface area contributed by atoms with E-state index in [0.29, 0.717) is 5.56 Å². The smallest absolute Gasteiger partial charge is 0.129 e. The average Bonchev–Trinajstić information content (AvgIpc) is 2.17. The molecular weight excluding hydrogens is 228 g/mol. The van der Waals surface area contributed by atoms with Crippen molar-refractivity contribution in [1.82, 2.24) is 0 Å². The molecule has 0 amide bonds. The number of nitrogens with zero attached hydrogens (tertiary/aromatic N) is 2. The SMILES string of the molecule is C[Si](C)CCc1ccc(F)cc1F.[N-]=[N+]=N. The van der Waals surface area contributed by atoms with Crippen molar-refractivity contribution in [3.05, 3.63) is 45.8 Å². The molecule has 6 heteroatoms. The Morgan fingerprint density at radius 2 is 1.94 bits per heavy atom. The average molecular weight is 242 g/mol. The van der Waals surface area contributed by atoms with Gasteiger partial charge in [0.15, 0.2) is 0 Å². The number of hydrogen-bond donors (Lipinski definition) is 1. The zero-order chi connectivity index (χ0) is 12.6. The zero-order valence-electron chi connectivity index (χ0n) is 9.30. The number of halogens is 2. The Kier molecular flexibility index (Phi) is 7.16. The van der Waals surface area contributed by atoms with Crippen molar-refractivity contribution >= 4 is 8.80 Å². The molecule has 0 spiro atoms. The van der Waals surface area contributed by atoms with E-state index in [4.69, 9.17) is 11.1 Å². The highest BCUT2D eigenvalue weighted by Gasteiger charge is 2.04. The van der Waals surface area contributed by atoms with Crippen molar-refractivity contribution in [2.75, 3.05) is 0 Å². The van der Waals surface area contributed by atoms with Crippen molar-refractivity contribution < 1.29 is 8.78 Å². The van der Waals surface area contributed by atoms with Gasteiger partial charge < -0.3 is 0 Å². The van der Waals surface area contributed by atoms with Crippen LogP contribution in [0.2, 0.25) is 19.1 Å². The molecule has 1 rings (SSSR count). The molecule has 1 N–H and O–H groups in total. The highest BCUT2D eigenvalue weighted by atomic mass is 28.3. The Balaban J connectivity index is 0.000000673. The molecule has 0 bridgehead atoms. The van der Waals surface area contributed by atoms with Crippen LogP contribution < -0.4 is 0 Å². The summed E-state index contributed by atoms with van der Waals surface area (Å²) >= 11 is 0. The lowest BCUT2D eigenvalue weighted by molar-refractivity contribution is 0.573. The van der Waals surface area contributed by atoms with Crippen LogP contribution in [0.5, 0.6) is 0 Å². The number of benzene rings is 1. The van der Waals surface area contributed by atoms with E-state index < -0.39 is 11.6 Å². The molecule has 0 aromatic heterocycles. The van der Waals surface area contributed by atoms with Gasteiger partial charge in [0.1, 0.15) is 11.6 Å². The molecule has 0 aliphatic heterocycles. The first kappa shape index (κ1) is 14.6. The second kappa shape index (κ2) is 7.84. The molecule has 0 heterocycles. The van der Waals surface area contributed by atoms with Crippen LogP contribution in [0.4, 0.5) is 8.78 Å². The third-order valence-electron chi connectivity index (χ3n) is 1.91. The molecule has 1 radical (unpaired) electrons. The molecule has 1 aromatic carbocycles. The topological polar surface area (TPSA) is 60.3 Å². The number of rotatable bonds is 3. The molecule has 3 nitrogen and oxygen atoms in total. The minimum atomic E-state index is -0.500. The number of aryl methyl sites for hydroxylation is 1. The van der Waals surface area contributed by atoms with E-state index in [-0.39, 0.29) is 8.80 Å². The van der Waals surface area contributed by atoms with Crippen LogP contribution in [0, 0.1) is 17.2 Å². The van der Waals surface area contributed by atoms with Crippen molar-refractivity contribution in [3.8, 4) is 0 Å². The largest absolute Gasteiger partial charge is 0.207 e. The normalized spacial score (nSPS) is 9.31. The first-order valence-corrected chi connectivity index (χ1v) is 7.45. The van der Waals surface area contributed by atoms with Gasteiger partial charge in [-0.3, -0.25) is 0 Å². The summed E-state index contributed by atoms with van der Waals surface area (Å²) < 4.78 is 25.6. The van der Waals surface area contributed by atoms with Crippen LogP contribution in [0.3, 0.4) is 0 Å². The van der Waals surface area contributed by atoms with Gasteiger partial charge in [0.25, 0.3) is 0 Å². The molecule has 0 unspecified atom stereocenters. The Morgan fingerprint density at radius 3 is 2.38 bits per heavy atom. The van der Waals surface area contributed by atoms with E-state index in [2.05, 4.69) is 13.1 Å². The number of hydrogen-bond acceptors (Lipinski definition) is 1. The lowest BCUT2D eigenvalue weighted by Crippen LogP contribution is -2.02. The summed E-state index contributed by atoms with van der Waals surface area (Å²) in [5.74, 6) is -0.914. The second-order valence-corrected chi connectivity index (χ2v) is 6.46. The van der Waals surface area contributed by atoms with Crippen LogP contribution in [0.15, 0.2) is 18.2 Å². The first-order chi connectivity index (χ1) is 7.51. The summed E-state index contributed by atoms with van der Waals surface area (Å²) in [5.41, 5.74) is 12.9. The molecule has 1 aromatic rings. The summed E-state index contributed by atoms with van der Waals surface area (Å²) in [6.45, 7) is 4.37. The monoisotopic (exact) mass is 242 g/mol. The summed E-state index contributed by atoms with van der Waals surface area (Å²) in [5, 5.41) is 0. The van der Waals surface area contributed by atoms with Gasteiger partial charge in [0.05, 0.1) is 0 Å². The van der Waals surface area contributed by atoms with E-state index in [1.165, 1.54) is 12.1 Å². The van der Waals surface area contributed by atoms with Gasteiger partial charge in [-0.15, -0.1) is 5.53 Å². The molecule has 87 valence electrons. The van der Waals surface area contributed by atoms with Crippen LogP contribution in [-0.2, 0) is 6.42 Å². The van der Waals surface area contributed by atoms with Crippen LogP contribution in [0.1, 0.15) is 5.56 Å².